The SMILES string of the molecule is COc1ccc(-c2cc(COc3ccc(C)cc3C)on2)cc1. The Labute approximate surface area is 135 Å². The summed E-state index contributed by atoms with van der Waals surface area (Å²) in [5.74, 6) is 2.37. The van der Waals surface area contributed by atoms with Crippen LogP contribution in [-0.2, 0) is 6.61 Å². The van der Waals surface area contributed by atoms with Gasteiger partial charge in [0.15, 0.2) is 5.76 Å². The fourth-order valence-corrected chi connectivity index (χ4v) is 2.39. The van der Waals surface area contributed by atoms with Crippen molar-refractivity contribution in [3.63, 3.8) is 0 Å². The summed E-state index contributed by atoms with van der Waals surface area (Å²) in [6, 6.07) is 15.7. The number of ether oxygens (including phenoxy) is 2. The first kappa shape index (κ1) is 15.2. The minimum atomic E-state index is 0.354. The zero-order valence-electron chi connectivity index (χ0n) is 13.5. The monoisotopic (exact) mass is 309 g/mol. The van der Waals surface area contributed by atoms with Crippen molar-refractivity contribution in [1.82, 2.24) is 5.16 Å². The first-order valence-corrected chi connectivity index (χ1v) is 7.46. The number of benzene rings is 2. The molecule has 1 heterocycles. The average Bonchev–Trinajstić information content (AvgIpc) is 3.03. The lowest BCUT2D eigenvalue weighted by molar-refractivity contribution is 0.248. The minimum Gasteiger partial charge on any atom is -0.497 e. The summed E-state index contributed by atoms with van der Waals surface area (Å²) in [5, 5.41) is 4.09. The number of aromatic nitrogens is 1. The van der Waals surface area contributed by atoms with Gasteiger partial charge in [0, 0.05) is 11.6 Å². The number of hydrogen-bond donors (Lipinski definition) is 0. The topological polar surface area (TPSA) is 44.5 Å². The van der Waals surface area contributed by atoms with Gasteiger partial charge in [-0.15, -0.1) is 0 Å². The molecule has 23 heavy (non-hydrogen) atoms. The van der Waals surface area contributed by atoms with Gasteiger partial charge >= 0.3 is 0 Å². The zero-order chi connectivity index (χ0) is 16.2. The Morgan fingerprint density at radius 1 is 1.00 bits per heavy atom. The van der Waals surface area contributed by atoms with E-state index in [1.165, 1.54) is 5.56 Å². The van der Waals surface area contributed by atoms with Crippen molar-refractivity contribution in [2.75, 3.05) is 7.11 Å². The molecule has 1 aromatic heterocycles. The van der Waals surface area contributed by atoms with Crippen molar-refractivity contribution < 1.29 is 14.0 Å². The number of rotatable bonds is 5. The normalized spacial score (nSPS) is 10.6. The Balaban J connectivity index is 1.69. The molecule has 3 aromatic rings. The van der Waals surface area contributed by atoms with E-state index in [0.717, 1.165) is 28.3 Å². The molecule has 0 amide bonds. The standard InChI is InChI=1S/C19H19NO3/c1-13-4-9-19(14(2)10-13)22-12-17-11-18(20-23-17)15-5-7-16(21-3)8-6-15/h4-11H,12H2,1-3H3. The van der Waals surface area contributed by atoms with Gasteiger partial charge in [0.2, 0.25) is 0 Å². The number of nitrogens with zero attached hydrogens (tertiary/aromatic N) is 1. The summed E-state index contributed by atoms with van der Waals surface area (Å²) < 4.78 is 16.3. The maximum absolute atomic E-state index is 5.81. The molecular formula is C19H19NO3. The van der Waals surface area contributed by atoms with E-state index >= 15 is 0 Å². The van der Waals surface area contributed by atoms with Gasteiger partial charge in [0.25, 0.3) is 0 Å². The lowest BCUT2D eigenvalue weighted by Gasteiger charge is -2.07. The Kier molecular flexibility index (Phi) is 4.33. The molecular weight excluding hydrogens is 290 g/mol. The second-order valence-electron chi connectivity index (χ2n) is 5.46. The van der Waals surface area contributed by atoms with Gasteiger partial charge in [0.05, 0.1) is 7.11 Å². The average molecular weight is 309 g/mol. The van der Waals surface area contributed by atoms with Crippen molar-refractivity contribution >= 4 is 0 Å². The van der Waals surface area contributed by atoms with Crippen LogP contribution in [0.15, 0.2) is 53.1 Å². The lowest BCUT2D eigenvalue weighted by atomic mass is 10.1. The lowest BCUT2D eigenvalue weighted by Crippen LogP contribution is -1.95. The van der Waals surface area contributed by atoms with Gasteiger partial charge in [0.1, 0.15) is 23.8 Å². The summed E-state index contributed by atoms with van der Waals surface area (Å²) in [4.78, 5) is 0. The van der Waals surface area contributed by atoms with Gasteiger partial charge in [-0.25, -0.2) is 0 Å². The quantitative estimate of drug-likeness (QED) is 0.694. The highest BCUT2D eigenvalue weighted by Crippen LogP contribution is 2.24. The summed E-state index contributed by atoms with van der Waals surface area (Å²) in [6.07, 6.45) is 0. The van der Waals surface area contributed by atoms with Gasteiger partial charge in [-0.2, -0.15) is 0 Å². The van der Waals surface area contributed by atoms with E-state index in [-0.39, 0.29) is 0 Å². The van der Waals surface area contributed by atoms with Crippen LogP contribution in [0.2, 0.25) is 0 Å². The first-order chi connectivity index (χ1) is 11.2. The van der Waals surface area contributed by atoms with Crippen LogP contribution in [0.4, 0.5) is 0 Å². The molecule has 0 saturated heterocycles. The van der Waals surface area contributed by atoms with E-state index in [1.807, 2.05) is 49.4 Å². The first-order valence-electron chi connectivity index (χ1n) is 7.46. The summed E-state index contributed by atoms with van der Waals surface area (Å²) in [7, 11) is 1.65. The number of methoxy groups -OCH3 is 1. The molecule has 0 radical (unpaired) electrons. The fourth-order valence-electron chi connectivity index (χ4n) is 2.39. The number of aryl methyl sites for hydroxylation is 2. The van der Waals surface area contributed by atoms with E-state index in [4.69, 9.17) is 14.0 Å². The van der Waals surface area contributed by atoms with Crippen LogP contribution in [0, 0.1) is 13.8 Å². The maximum Gasteiger partial charge on any atom is 0.174 e. The van der Waals surface area contributed by atoms with Crippen molar-refractivity contribution in [1.29, 1.82) is 0 Å². The maximum atomic E-state index is 5.81. The molecule has 0 fully saturated rings. The number of hydrogen-bond acceptors (Lipinski definition) is 4. The summed E-state index contributed by atoms with van der Waals surface area (Å²) in [5.41, 5.74) is 4.09. The highest BCUT2D eigenvalue weighted by molar-refractivity contribution is 5.59. The Bertz CT molecular complexity index is 791. The van der Waals surface area contributed by atoms with Crippen molar-refractivity contribution in [3.8, 4) is 22.8 Å². The second kappa shape index (κ2) is 6.57. The van der Waals surface area contributed by atoms with Gasteiger partial charge < -0.3 is 14.0 Å². The Morgan fingerprint density at radius 3 is 2.48 bits per heavy atom. The van der Waals surface area contributed by atoms with Crippen LogP contribution in [0.3, 0.4) is 0 Å². The molecule has 0 aliphatic heterocycles. The van der Waals surface area contributed by atoms with E-state index in [9.17, 15) is 0 Å². The third-order valence-corrected chi connectivity index (χ3v) is 3.65. The van der Waals surface area contributed by atoms with Crippen LogP contribution in [0.1, 0.15) is 16.9 Å². The minimum absolute atomic E-state index is 0.354. The molecule has 0 saturated carbocycles. The van der Waals surface area contributed by atoms with Crippen LogP contribution >= 0.6 is 0 Å². The van der Waals surface area contributed by atoms with Crippen LogP contribution in [0.25, 0.3) is 11.3 Å². The fraction of sp³-hybridized carbons (Fsp3) is 0.211. The van der Waals surface area contributed by atoms with Crippen molar-refractivity contribution in [2.45, 2.75) is 20.5 Å². The molecule has 3 rings (SSSR count). The molecule has 118 valence electrons. The molecule has 0 spiro atoms. The molecule has 0 aliphatic rings. The third kappa shape index (κ3) is 3.54. The molecule has 0 bridgehead atoms. The highest BCUT2D eigenvalue weighted by atomic mass is 16.5. The summed E-state index contributed by atoms with van der Waals surface area (Å²) >= 11 is 0. The van der Waals surface area contributed by atoms with Crippen LogP contribution in [-0.4, -0.2) is 12.3 Å². The van der Waals surface area contributed by atoms with E-state index in [1.54, 1.807) is 7.11 Å². The predicted octanol–water partition coefficient (Wildman–Crippen LogP) is 4.55. The van der Waals surface area contributed by atoms with Gasteiger partial charge in [-0.05, 0) is 49.7 Å². The molecule has 0 aliphatic carbocycles. The second-order valence-corrected chi connectivity index (χ2v) is 5.46. The van der Waals surface area contributed by atoms with E-state index in [0.29, 0.717) is 12.4 Å². The highest BCUT2D eigenvalue weighted by Gasteiger charge is 2.08. The molecule has 0 N–H and O–H groups in total. The van der Waals surface area contributed by atoms with Gasteiger partial charge in [-0.1, -0.05) is 22.9 Å². The smallest absolute Gasteiger partial charge is 0.174 e. The Morgan fingerprint density at radius 2 is 1.78 bits per heavy atom. The third-order valence-electron chi connectivity index (χ3n) is 3.65. The Hall–Kier alpha value is -2.75. The van der Waals surface area contributed by atoms with E-state index < -0.39 is 0 Å². The van der Waals surface area contributed by atoms with Gasteiger partial charge in [-0.3, -0.25) is 0 Å². The molecule has 2 aromatic carbocycles. The van der Waals surface area contributed by atoms with Crippen LogP contribution < -0.4 is 9.47 Å². The zero-order valence-corrected chi connectivity index (χ0v) is 13.5. The largest absolute Gasteiger partial charge is 0.497 e. The molecule has 4 heteroatoms. The molecule has 4 nitrogen and oxygen atoms in total. The van der Waals surface area contributed by atoms with E-state index in [2.05, 4.69) is 18.1 Å². The summed E-state index contributed by atoms with van der Waals surface area (Å²) in [6.45, 7) is 4.45. The molecule has 0 atom stereocenters. The van der Waals surface area contributed by atoms with Crippen LogP contribution in [0.5, 0.6) is 11.5 Å². The van der Waals surface area contributed by atoms with Crippen molar-refractivity contribution in [3.05, 3.63) is 65.4 Å². The molecule has 0 unspecified atom stereocenters. The predicted molar refractivity (Wildman–Crippen MR) is 88.7 cm³/mol. The van der Waals surface area contributed by atoms with Crippen molar-refractivity contribution in [2.24, 2.45) is 0 Å².